The number of anilines is 1. The maximum absolute atomic E-state index is 5.25. The third kappa shape index (κ3) is 3.33. The molecule has 4 nitrogen and oxygen atoms in total. The Balaban J connectivity index is 2.14. The van der Waals surface area contributed by atoms with Crippen LogP contribution >= 0.6 is 15.9 Å². The van der Waals surface area contributed by atoms with Gasteiger partial charge in [-0.15, -0.1) is 0 Å². The van der Waals surface area contributed by atoms with Gasteiger partial charge < -0.3 is 10.1 Å². The molecule has 20 heavy (non-hydrogen) atoms. The third-order valence-electron chi connectivity index (χ3n) is 3.21. The number of nitrogens with one attached hydrogen (secondary N) is 1. The first-order chi connectivity index (χ1) is 9.67. The van der Waals surface area contributed by atoms with E-state index in [0.29, 0.717) is 0 Å². The lowest BCUT2D eigenvalue weighted by Crippen LogP contribution is -2.08. The summed E-state index contributed by atoms with van der Waals surface area (Å²) in [5.74, 6) is 0.842. The fourth-order valence-corrected chi connectivity index (χ4v) is 2.44. The zero-order valence-electron chi connectivity index (χ0n) is 12.1. The Kier molecular flexibility index (Phi) is 5.06. The summed E-state index contributed by atoms with van der Waals surface area (Å²) in [6.45, 7) is 5.86. The number of hydrogen-bond acceptors (Lipinski definition) is 3. The second-order valence-electron chi connectivity index (χ2n) is 4.50. The molecule has 0 aliphatic rings. The molecule has 0 atom stereocenters. The molecule has 0 saturated heterocycles. The molecule has 2 rings (SSSR count). The molecule has 0 bridgehead atoms. The highest BCUT2D eigenvalue weighted by Crippen LogP contribution is 2.27. The summed E-state index contributed by atoms with van der Waals surface area (Å²) in [5.41, 5.74) is 3.35. The van der Waals surface area contributed by atoms with Crippen LogP contribution in [0.1, 0.15) is 25.2 Å². The lowest BCUT2D eigenvalue weighted by Gasteiger charge is -2.11. The maximum Gasteiger partial charge on any atom is 0.121 e. The number of halogens is 1. The predicted octanol–water partition coefficient (Wildman–Crippen LogP) is 3.85. The molecule has 0 saturated carbocycles. The molecule has 0 spiro atoms. The van der Waals surface area contributed by atoms with Crippen molar-refractivity contribution in [1.82, 2.24) is 9.78 Å². The van der Waals surface area contributed by atoms with Gasteiger partial charge in [-0.25, -0.2) is 0 Å². The topological polar surface area (TPSA) is 39.1 Å². The monoisotopic (exact) mass is 337 g/mol. The van der Waals surface area contributed by atoms with Crippen LogP contribution in [0.4, 0.5) is 5.69 Å². The van der Waals surface area contributed by atoms with E-state index in [9.17, 15) is 0 Å². The molecule has 0 fully saturated rings. The van der Waals surface area contributed by atoms with Gasteiger partial charge in [0.25, 0.3) is 0 Å². The highest BCUT2D eigenvalue weighted by atomic mass is 79.9. The summed E-state index contributed by atoms with van der Waals surface area (Å²) >= 11 is 3.55. The Morgan fingerprint density at radius 3 is 2.75 bits per heavy atom. The lowest BCUT2D eigenvalue weighted by atomic mass is 10.2. The van der Waals surface area contributed by atoms with E-state index in [2.05, 4.69) is 46.3 Å². The van der Waals surface area contributed by atoms with Crippen LogP contribution in [0, 0.1) is 0 Å². The van der Waals surface area contributed by atoms with E-state index in [-0.39, 0.29) is 0 Å². The molecule has 1 heterocycles. The van der Waals surface area contributed by atoms with Crippen LogP contribution in [0.15, 0.2) is 28.7 Å². The normalized spacial score (nSPS) is 10.6. The van der Waals surface area contributed by atoms with Gasteiger partial charge in [0.2, 0.25) is 0 Å². The number of hydrogen-bond donors (Lipinski definition) is 1. The zero-order chi connectivity index (χ0) is 14.5. The van der Waals surface area contributed by atoms with Crippen LogP contribution in [0.25, 0.3) is 0 Å². The molecule has 1 N–H and O–H groups in total. The minimum Gasteiger partial charge on any atom is -0.497 e. The highest BCUT2D eigenvalue weighted by molar-refractivity contribution is 9.10. The highest BCUT2D eigenvalue weighted by Gasteiger charge is 2.07. The molecular weight excluding hydrogens is 318 g/mol. The molecule has 0 aliphatic heterocycles. The summed E-state index contributed by atoms with van der Waals surface area (Å²) in [4.78, 5) is 0. The van der Waals surface area contributed by atoms with Gasteiger partial charge in [0.1, 0.15) is 5.75 Å². The number of benzene rings is 1. The van der Waals surface area contributed by atoms with Crippen LogP contribution in [0.3, 0.4) is 0 Å². The average Bonchev–Trinajstić information content (AvgIpc) is 2.89. The number of nitrogens with zero attached hydrogens (tertiary/aromatic N) is 2. The van der Waals surface area contributed by atoms with E-state index in [4.69, 9.17) is 4.74 Å². The fraction of sp³-hybridized carbons (Fsp3) is 0.400. The molecule has 5 heteroatoms. The molecular formula is C15H20BrN3O. The first-order valence-corrected chi connectivity index (χ1v) is 7.60. The van der Waals surface area contributed by atoms with Gasteiger partial charge in [-0.05, 0) is 47.5 Å². The Labute approximate surface area is 128 Å². The van der Waals surface area contributed by atoms with Crippen LogP contribution in [-0.4, -0.2) is 16.9 Å². The Bertz CT molecular complexity index is 580. The van der Waals surface area contributed by atoms with Crippen molar-refractivity contribution in [3.8, 4) is 5.75 Å². The summed E-state index contributed by atoms with van der Waals surface area (Å²) in [5, 5.41) is 7.98. The molecule has 0 amide bonds. The number of aromatic nitrogens is 2. The largest absolute Gasteiger partial charge is 0.497 e. The molecule has 0 radical (unpaired) electrons. The molecule has 1 aromatic heterocycles. The van der Waals surface area contributed by atoms with E-state index in [1.165, 1.54) is 5.69 Å². The Hall–Kier alpha value is -1.49. The lowest BCUT2D eigenvalue weighted by molar-refractivity contribution is 0.415. The average molecular weight is 338 g/mol. The molecule has 108 valence electrons. The Morgan fingerprint density at radius 1 is 1.30 bits per heavy atom. The van der Waals surface area contributed by atoms with Crippen LogP contribution in [0.2, 0.25) is 0 Å². The summed E-state index contributed by atoms with van der Waals surface area (Å²) in [6, 6.07) is 8.05. The molecule has 0 unspecified atom stereocenters. The second-order valence-corrected chi connectivity index (χ2v) is 5.35. The van der Waals surface area contributed by atoms with Gasteiger partial charge in [0.05, 0.1) is 30.7 Å². The van der Waals surface area contributed by atoms with Crippen LogP contribution in [0.5, 0.6) is 5.75 Å². The van der Waals surface area contributed by atoms with E-state index in [0.717, 1.165) is 41.1 Å². The van der Waals surface area contributed by atoms with E-state index < -0.39 is 0 Å². The molecule has 2 aromatic rings. The smallest absolute Gasteiger partial charge is 0.121 e. The van der Waals surface area contributed by atoms with Crippen molar-refractivity contribution in [2.75, 3.05) is 12.4 Å². The quantitative estimate of drug-likeness (QED) is 0.870. The summed E-state index contributed by atoms with van der Waals surface area (Å²) in [6.07, 6.45) is 0.961. The van der Waals surface area contributed by atoms with Crippen molar-refractivity contribution >= 4 is 21.6 Å². The summed E-state index contributed by atoms with van der Waals surface area (Å²) in [7, 11) is 1.67. The van der Waals surface area contributed by atoms with Crippen molar-refractivity contribution in [1.29, 1.82) is 0 Å². The van der Waals surface area contributed by atoms with Crippen molar-refractivity contribution in [2.45, 2.75) is 33.4 Å². The van der Waals surface area contributed by atoms with E-state index in [1.54, 1.807) is 7.11 Å². The van der Waals surface area contributed by atoms with Gasteiger partial charge in [-0.3, -0.25) is 4.68 Å². The van der Waals surface area contributed by atoms with Gasteiger partial charge in [0.15, 0.2) is 0 Å². The maximum atomic E-state index is 5.25. The zero-order valence-corrected chi connectivity index (χ0v) is 13.7. The van der Waals surface area contributed by atoms with Crippen molar-refractivity contribution in [3.05, 3.63) is 40.1 Å². The van der Waals surface area contributed by atoms with Crippen LogP contribution in [-0.2, 0) is 19.5 Å². The van der Waals surface area contributed by atoms with Gasteiger partial charge in [0, 0.05) is 17.1 Å². The summed E-state index contributed by atoms with van der Waals surface area (Å²) < 4.78 is 8.32. The number of aryl methyl sites for hydroxylation is 2. The van der Waals surface area contributed by atoms with Crippen molar-refractivity contribution in [2.24, 2.45) is 0 Å². The van der Waals surface area contributed by atoms with Crippen LogP contribution < -0.4 is 10.1 Å². The van der Waals surface area contributed by atoms with Gasteiger partial charge in [-0.2, -0.15) is 5.10 Å². The third-order valence-corrected chi connectivity index (χ3v) is 3.90. The minimum atomic E-state index is 0.743. The van der Waals surface area contributed by atoms with E-state index in [1.807, 2.05) is 22.9 Å². The van der Waals surface area contributed by atoms with Gasteiger partial charge in [-0.1, -0.05) is 6.92 Å². The predicted molar refractivity (Wildman–Crippen MR) is 85.3 cm³/mol. The fourth-order valence-electron chi connectivity index (χ4n) is 2.06. The number of rotatable bonds is 6. The van der Waals surface area contributed by atoms with E-state index >= 15 is 0 Å². The second kappa shape index (κ2) is 6.79. The number of ether oxygens (including phenoxy) is 1. The minimum absolute atomic E-state index is 0.743. The van der Waals surface area contributed by atoms with Crippen molar-refractivity contribution in [3.63, 3.8) is 0 Å². The standard InChI is InChI=1S/C15H20BrN3O/c1-4-11-8-12(19(5-2)18-11)10-17-15-9-13(20-3)6-7-14(15)16/h6-9,17H,4-5,10H2,1-3H3. The first-order valence-electron chi connectivity index (χ1n) is 6.81. The van der Waals surface area contributed by atoms with Crippen molar-refractivity contribution < 1.29 is 4.74 Å². The first kappa shape index (κ1) is 14.9. The SMILES string of the molecule is CCc1cc(CNc2cc(OC)ccc2Br)n(CC)n1. The molecule has 0 aliphatic carbocycles. The number of methoxy groups -OCH3 is 1. The molecule has 1 aromatic carbocycles. The Morgan fingerprint density at radius 2 is 2.10 bits per heavy atom. The van der Waals surface area contributed by atoms with Gasteiger partial charge >= 0.3 is 0 Å².